The maximum Gasteiger partial charge on any atom is 0.146 e. The van der Waals surface area contributed by atoms with E-state index < -0.39 is 0 Å². The summed E-state index contributed by atoms with van der Waals surface area (Å²) in [7, 11) is 1.97. The zero-order valence-corrected chi connectivity index (χ0v) is 11.2. The smallest absolute Gasteiger partial charge is 0.146 e. The number of aliphatic hydroxyl groups excluding tert-OH is 1. The Balaban J connectivity index is 2.15. The van der Waals surface area contributed by atoms with E-state index in [1.165, 1.54) is 18.9 Å². The number of aliphatic hydroxyl groups is 1. The summed E-state index contributed by atoms with van der Waals surface area (Å²) in [6.07, 6.45) is 4.79. The molecular formula is C15H22FNO. The maximum absolute atomic E-state index is 14.0. The molecule has 1 N–H and O–H groups in total. The summed E-state index contributed by atoms with van der Waals surface area (Å²) in [5.41, 5.74) is 1.27. The van der Waals surface area contributed by atoms with Crippen molar-refractivity contribution in [3.8, 4) is 0 Å². The molecule has 0 radical (unpaired) electrons. The number of rotatable bonds is 3. The van der Waals surface area contributed by atoms with E-state index in [1.807, 2.05) is 7.05 Å². The second-order valence-corrected chi connectivity index (χ2v) is 5.48. The van der Waals surface area contributed by atoms with Gasteiger partial charge in [0.2, 0.25) is 0 Å². The molecule has 100 valence electrons. The van der Waals surface area contributed by atoms with Crippen LogP contribution in [-0.2, 0) is 6.61 Å². The van der Waals surface area contributed by atoms with Crippen LogP contribution in [0.5, 0.6) is 0 Å². The number of hydrogen-bond donors (Lipinski definition) is 1. The van der Waals surface area contributed by atoms with Crippen molar-refractivity contribution in [2.24, 2.45) is 5.92 Å². The third-order valence-electron chi connectivity index (χ3n) is 4.03. The molecule has 2 atom stereocenters. The van der Waals surface area contributed by atoms with Gasteiger partial charge in [0.05, 0.1) is 12.3 Å². The van der Waals surface area contributed by atoms with Crippen molar-refractivity contribution in [3.63, 3.8) is 0 Å². The molecule has 0 aromatic heterocycles. The van der Waals surface area contributed by atoms with Crippen LogP contribution < -0.4 is 4.90 Å². The van der Waals surface area contributed by atoms with Crippen molar-refractivity contribution in [2.45, 2.75) is 45.3 Å². The van der Waals surface area contributed by atoms with Gasteiger partial charge in [0.1, 0.15) is 5.82 Å². The molecule has 0 aliphatic heterocycles. The van der Waals surface area contributed by atoms with Gasteiger partial charge in [-0.15, -0.1) is 0 Å². The van der Waals surface area contributed by atoms with Crippen molar-refractivity contribution in [1.29, 1.82) is 0 Å². The number of halogens is 1. The third-order valence-corrected chi connectivity index (χ3v) is 4.03. The standard InChI is InChI=1S/C15H22FNO/c1-11-4-3-5-13(8-11)17(2)15-7-6-12(10-18)9-14(15)16/h6-7,9,11,13,18H,3-5,8,10H2,1-2H3. The molecule has 0 heterocycles. The topological polar surface area (TPSA) is 23.5 Å². The molecule has 1 fully saturated rings. The van der Waals surface area contributed by atoms with Crippen LogP contribution in [0, 0.1) is 11.7 Å². The average molecular weight is 251 g/mol. The Labute approximate surface area is 108 Å². The largest absolute Gasteiger partial charge is 0.392 e. The van der Waals surface area contributed by atoms with E-state index in [4.69, 9.17) is 5.11 Å². The zero-order valence-electron chi connectivity index (χ0n) is 11.2. The van der Waals surface area contributed by atoms with E-state index in [-0.39, 0.29) is 12.4 Å². The minimum Gasteiger partial charge on any atom is -0.392 e. The molecule has 1 aromatic carbocycles. The summed E-state index contributed by atoms with van der Waals surface area (Å²) in [4.78, 5) is 2.06. The Hall–Kier alpha value is -1.09. The Bertz CT molecular complexity index is 407. The zero-order chi connectivity index (χ0) is 13.1. The van der Waals surface area contributed by atoms with Crippen LogP contribution in [0.1, 0.15) is 38.2 Å². The Kier molecular flexibility index (Phi) is 4.23. The average Bonchev–Trinajstić information content (AvgIpc) is 2.37. The lowest BCUT2D eigenvalue weighted by Gasteiger charge is -2.35. The van der Waals surface area contributed by atoms with Gasteiger partial charge in [0, 0.05) is 13.1 Å². The Morgan fingerprint density at radius 1 is 1.39 bits per heavy atom. The molecule has 0 saturated heterocycles. The van der Waals surface area contributed by atoms with Gasteiger partial charge in [-0.3, -0.25) is 0 Å². The Morgan fingerprint density at radius 2 is 2.17 bits per heavy atom. The summed E-state index contributed by atoms with van der Waals surface area (Å²) in [5, 5.41) is 8.99. The minimum atomic E-state index is -0.234. The van der Waals surface area contributed by atoms with Crippen molar-refractivity contribution in [1.82, 2.24) is 0 Å². The first-order valence-corrected chi connectivity index (χ1v) is 6.74. The molecule has 18 heavy (non-hydrogen) atoms. The van der Waals surface area contributed by atoms with Crippen molar-refractivity contribution < 1.29 is 9.50 Å². The number of hydrogen-bond acceptors (Lipinski definition) is 2. The highest BCUT2D eigenvalue weighted by Gasteiger charge is 2.24. The van der Waals surface area contributed by atoms with Crippen LogP contribution in [0.4, 0.5) is 10.1 Å². The van der Waals surface area contributed by atoms with Crippen LogP contribution in [0.15, 0.2) is 18.2 Å². The molecule has 0 bridgehead atoms. The highest BCUT2D eigenvalue weighted by molar-refractivity contribution is 5.49. The van der Waals surface area contributed by atoms with Crippen molar-refractivity contribution >= 4 is 5.69 Å². The van der Waals surface area contributed by atoms with Crippen LogP contribution in [0.2, 0.25) is 0 Å². The number of nitrogens with zero attached hydrogens (tertiary/aromatic N) is 1. The third kappa shape index (κ3) is 2.83. The van der Waals surface area contributed by atoms with E-state index in [0.717, 1.165) is 18.8 Å². The van der Waals surface area contributed by atoms with E-state index in [9.17, 15) is 4.39 Å². The van der Waals surface area contributed by atoms with Gasteiger partial charge >= 0.3 is 0 Å². The quantitative estimate of drug-likeness (QED) is 0.890. The predicted octanol–water partition coefficient (Wildman–Crippen LogP) is 3.33. The van der Waals surface area contributed by atoms with Crippen LogP contribution in [0.3, 0.4) is 0 Å². The van der Waals surface area contributed by atoms with Crippen LogP contribution in [0.25, 0.3) is 0 Å². The van der Waals surface area contributed by atoms with Gasteiger partial charge in [-0.05, 0) is 36.5 Å². The lowest BCUT2D eigenvalue weighted by atomic mass is 9.86. The fourth-order valence-corrected chi connectivity index (χ4v) is 2.89. The molecule has 2 unspecified atom stereocenters. The van der Waals surface area contributed by atoms with Gasteiger partial charge in [-0.1, -0.05) is 25.8 Å². The molecule has 1 saturated carbocycles. The summed E-state index contributed by atoms with van der Waals surface area (Å²) in [5.74, 6) is 0.494. The molecule has 3 heteroatoms. The second-order valence-electron chi connectivity index (χ2n) is 5.48. The molecule has 0 spiro atoms. The fourth-order valence-electron chi connectivity index (χ4n) is 2.89. The monoisotopic (exact) mass is 251 g/mol. The molecule has 2 rings (SSSR count). The summed E-state index contributed by atoms with van der Waals surface area (Å²) < 4.78 is 14.0. The highest BCUT2D eigenvalue weighted by atomic mass is 19.1. The first-order chi connectivity index (χ1) is 8.61. The van der Waals surface area contributed by atoms with Crippen molar-refractivity contribution in [3.05, 3.63) is 29.6 Å². The van der Waals surface area contributed by atoms with E-state index in [1.54, 1.807) is 12.1 Å². The highest BCUT2D eigenvalue weighted by Crippen LogP contribution is 2.30. The summed E-state index contributed by atoms with van der Waals surface area (Å²) >= 11 is 0. The normalized spacial score (nSPS) is 24.0. The van der Waals surface area contributed by atoms with Crippen LogP contribution in [-0.4, -0.2) is 18.2 Å². The fraction of sp³-hybridized carbons (Fsp3) is 0.600. The van der Waals surface area contributed by atoms with Gasteiger partial charge in [-0.2, -0.15) is 0 Å². The van der Waals surface area contributed by atoms with E-state index >= 15 is 0 Å². The van der Waals surface area contributed by atoms with Gasteiger partial charge in [0.25, 0.3) is 0 Å². The number of benzene rings is 1. The molecule has 0 amide bonds. The summed E-state index contributed by atoms with van der Waals surface area (Å²) in [6, 6.07) is 5.43. The molecular weight excluding hydrogens is 229 g/mol. The predicted molar refractivity (Wildman–Crippen MR) is 72.1 cm³/mol. The van der Waals surface area contributed by atoms with Gasteiger partial charge in [0.15, 0.2) is 0 Å². The van der Waals surface area contributed by atoms with Gasteiger partial charge in [-0.25, -0.2) is 4.39 Å². The second kappa shape index (κ2) is 5.70. The first kappa shape index (κ1) is 13.3. The molecule has 1 aliphatic carbocycles. The maximum atomic E-state index is 14.0. The SMILES string of the molecule is CC1CCCC(N(C)c2ccc(CO)cc2F)C1. The molecule has 1 aliphatic rings. The van der Waals surface area contributed by atoms with Crippen molar-refractivity contribution in [2.75, 3.05) is 11.9 Å². The summed E-state index contributed by atoms with van der Waals surface area (Å²) in [6.45, 7) is 2.16. The van der Waals surface area contributed by atoms with E-state index in [0.29, 0.717) is 17.3 Å². The lowest BCUT2D eigenvalue weighted by Crippen LogP contribution is -2.36. The van der Waals surface area contributed by atoms with E-state index in [2.05, 4.69) is 11.8 Å². The minimum absolute atomic E-state index is 0.110. The Morgan fingerprint density at radius 3 is 2.78 bits per heavy atom. The number of anilines is 1. The van der Waals surface area contributed by atoms with Gasteiger partial charge < -0.3 is 10.0 Å². The van der Waals surface area contributed by atoms with Crippen LogP contribution >= 0.6 is 0 Å². The molecule has 2 nitrogen and oxygen atoms in total. The first-order valence-electron chi connectivity index (χ1n) is 6.74. The molecule has 1 aromatic rings. The lowest BCUT2D eigenvalue weighted by molar-refractivity contribution is 0.281.